The van der Waals surface area contributed by atoms with Gasteiger partial charge in [-0.2, -0.15) is 0 Å². The zero-order valence-corrected chi connectivity index (χ0v) is 6.78. The number of furan rings is 1. The molecule has 66 valence electrons. The monoisotopic (exact) mass is 169 g/mol. The Kier molecular flexibility index (Phi) is 2.50. The summed E-state index contributed by atoms with van der Waals surface area (Å²) in [5.41, 5.74) is 5.96. The molecule has 0 aliphatic rings. The van der Waals surface area contributed by atoms with Gasteiger partial charge in [0.15, 0.2) is 0 Å². The van der Waals surface area contributed by atoms with E-state index in [1.54, 1.807) is 6.07 Å². The number of carboxylic acid groups (broad SMARTS) is 1. The maximum absolute atomic E-state index is 10.5. The highest BCUT2D eigenvalue weighted by Crippen LogP contribution is 2.17. The van der Waals surface area contributed by atoms with Gasteiger partial charge >= 0.3 is 5.97 Å². The molecular weight excluding hydrogens is 158 g/mol. The molecular formula is C8H11NO3. The van der Waals surface area contributed by atoms with Crippen molar-refractivity contribution in [3.8, 4) is 0 Å². The average molecular weight is 169 g/mol. The van der Waals surface area contributed by atoms with Crippen LogP contribution in [-0.4, -0.2) is 11.1 Å². The minimum atomic E-state index is -1.04. The van der Waals surface area contributed by atoms with E-state index in [0.29, 0.717) is 17.7 Å². The Labute approximate surface area is 70.0 Å². The minimum Gasteiger partial charge on any atom is -0.480 e. The SMILES string of the molecule is CCc1occc1C(N)C(=O)O. The molecule has 1 atom stereocenters. The first-order valence-corrected chi connectivity index (χ1v) is 3.71. The zero-order chi connectivity index (χ0) is 9.14. The lowest BCUT2D eigenvalue weighted by molar-refractivity contribution is -0.138. The fourth-order valence-electron chi connectivity index (χ4n) is 1.05. The van der Waals surface area contributed by atoms with Crippen LogP contribution in [0.2, 0.25) is 0 Å². The van der Waals surface area contributed by atoms with Crippen LogP contribution >= 0.6 is 0 Å². The summed E-state index contributed by atoms with van der Waals surface area (Å²) in [5.74, 6) is -0.393. The van der Waals surface area contributed by atoms with E-state index >= 15 is 0 Å². The van der Waals surface area contributed by atoms with Gasteiger partial charge in [-0.05, 0) is 6.07 Å². The molecule has 1 rings (SSSR count). The van der Waals surface area contributed by atoms with Crippen molar-refractivity contribution in [3.63, 3.8) is 0 Å². The van der Waals surface area contributed by atoms with Crippen molar-refractivity contribution in [2.24, 2.45) is 5.73 Å². The topological polar surface area (TPSA) is 76.5 Å². The molecule has 3 N–H and O–H groups in total. The van der Waals surface area contributed by atoms with Crippen LogP contribution in [0.4, 0.5) is 0 Å². The molecule has 1 aromatic heterocycles. The molecule has 0 bridgehead atoms. The third-order valence-corrected chi connectivity index (χ3v) is 1.70. The molecule has 4 heteroatoms. The van der Waals surface area contributed by atoms with Gasteiger partial charge in [-0.1, -0.05) is 6.92 Å². The van der Waals surface area contributed by atoms with Gasteiger partial charge in [0.25, 0.3) is 0 Å². The second kappa shape index (κ2) is 3.40. The van der Waals surface area contributed by atoms with Crippen LogP contribution in [0.25, 0.3) is 0 Å². The van der Waals surface area contributed by atoms with Gasteiger partial charge < -0.3 is 15.3 Å². The van der Waals surface area contributed by atoms with Crippen LogP contribution in [0.3, 0.4) is 0 Å². The minimum absolute atomic E-state index is 0.560. The second-order valence-electron chi connectivity index (χ2n) is 2.47. The number of rotatable bonds is 3. The molecule has 12 heavy (non-hydrogen) atoms. The number of nitrogens with two attached hydrogens (primary N) is 1. The predicted molar refractivity (Wildman–Crippen MR) is 42.7 cm³/mol. The van der Waals surface area contributed by atoms with E-state index in [2.05, 4.69) is 0 Å². The molecule has 0 saturated carbocycles. The molecule has 1 heterocycles. The predicted octanol–water partition coefficient (Wildman–Crippen LogP) is 0.926. The molecule has 1 aromatic rings. The lowest BCUT2D eigenvalue weighted by atomic mass is 10.1. The van der Waals surface area contributed by atoms with Crippen LogP contribution in [0.1, 0.15) is 24.3 Å². The Balaban J connectivity index is 2.93. The van der Waals surface area contributed by atoms with Crippen molar-refractivity contribution in [1.82, 2.24) is 0 Å². The molecule has 0 aliphatic heterocycles. The molecule has 0 spiro atoms. The van der Waals surface area contributed by atoms with Crippen LogP contribution in [-0.2, 0) is 11.2 Å². The third kappa shape index (κ3) is 1.48. The van der Waals surface area contributed by atoms with Gasteiger partial charge in [-0.3, -0.25) is 4.79 Å². The highest BCUT2D eigenvalue weighted by molar-refractivity contribution is 5.75. The van der Waals surface area contributed by atoms with Crippen LogP contribution < -0.4 is 5.73 Å². The highest BCUT2D eigenvalue weighted by atomic mass is 16.4. The van der Waals surface area contributed by atoms with Gasteiger partial charge in [0.05, 0.1) is 6.26 Å². The first kappa shape index (κ1) is 8.80. The maximum Gasteiger partial charge on any atom is 0.325 e. The van der Waals surface area contributed by atoms with E-state index in [1.165, 1.54) is 6.26 Å². The number of hydrogen-bond donors (Lipinski definition) is 2. The van der Waals surface area contributed by atoms with Crippen LogP contribution in [0.5, 0.6) is 0 Å². The third-order valence-electron chi connectivity index (χ3n) is 1.70. The largest absolute Gasteiger partial charge is 0.480 e. The van der Waals surface area contributed by atoms with Gasteiger partial charge in [-0.15, -0.1) is 0 Å². The number of carbonyl (C=O) groups is 1. The molecule has 1 unspecified atom stereocenters. The standard InChI is InChI=1S/C8H11NO3/c1-2-6-5(3-4-12-6)7(9)8(10)11/h3-4,7H,2,9H2,1H3,(H,10,11). The van der Waals surface area contributed by atoms with E-state index < -0.39 is 12.0 Å². The summed E-state index contributed by atoms with van der Waals surface area (Å²) >= 11 is 0. The smallest absolute Gasteiger partial charge is 0.325 e. The summed E-state index contributed by atoms with van der Waals surface area (Å²) in [6.07, 6.45) is 2.11. The van der Waals surface area contributed by atoms with Gasteiger partial charge in [0.2, 0.25) is 0 Å². The molecule has 4 nitrogen and oxygen atoms in total. The van der Waals surface area contributed by atoms with Gasteiger partial charge in [0.1, 0.15) is 11.8 Å². The van der Waals surface area contributed by atoms with Crippen molar-refractivity contribution in [2.45, 2.75) is 19.4 Å². The summed E-state index contributed by atoms with van der Waals surface area (Å²) in [4.78, 5) is 10.5. The van der Waals surface area contributed by atoms with E-state index in [1.807, 2.05) is 6.92 Å². The zero-order valence-electron chi connectivity index (χ0n) is 6.78. The Bertz CT molecular complexity index is 280. The lowest BCUT2D eigenvalue weighted by Crippen LogP contribution is -2.21. The molecule has 0 fully saturated rings. The first-order chi connectivity index (χ1) is 5.66. The second-order valence-corrected chi connectivity index (χ2v) is 2.47. The van der Waals surface area contributed by atoms with Crippen molar-refractivity contribution in [1.29, 1.82) is 0 Å². The molecule has 0 aliphatic carbocycles. The Morgan fingerprint density at radius 3 is 3.00 bits per heavy atom. The van der Waals surface area contributed by atoms with Gasteiger partial charge in [-0.25, -0.2) is 0 Å². The summed E-state index contributed by atoms with van der Waals surface area (Å²) in [7, 11) is 0. The molecule has 0 aromatic carbocycles. The Morgan fingerprint density at radius 2 is 2.50 bits per heavy atom. The fourth-order valence-corrected chi connectivity index (χ4v) is 1.05. The van der Waals surface area contributed by atoms with Crippen molar-refractivity contribution in [3.05, 3.63) is 23.7 Å². The number of aliphatic carboxylic acids is 1. The lowest BCUT2D eigenvalue weighted by Gasteiger charge is -2.04. The summed E-state index contributed by atoms with van der Waals surface area (Å²) in [5, 5.41) is 8.61. The number of hydrogen-bond acceptors (Lipinski definition) is 3. The van der Waals surface area contributed by atoms with Crippen LogP contribution in [0.15, 0.2) is 16.7 Å². The number of aryl methyl sites for hydroxylation is 1. The van der Waals surface area contributed by atoms with E-state index in [0.717, 1.165) is 0 Å². The van der Waals surface area contributed by atoms with Crippen molar-refractivity contribution >= 4 is 5.97 Å². The first-order valence-electron chi connectivity index (χ1n) is 3.71. The quantitative estimate of drug-likeness (QED) is 0.705. The summed E-state index contributed by atoms with van der Waals surface area (Å²) in [6, 6.07) is 0.621. The normalized spacial score (nSPS) is 12.8. The summed E-state index contributed by atoms with van der Waals surface area (Å²) < 4.78 is 5.04. The van der Waals surface area contributed by atoms with E-state index in [9.17, 15) is 4.79 Å². The molecule has 0 saturated heterocycles. The van der Waals surface area contributed by atoms with Crippen molar-refractivity contribution in [2.75, 3.05) is 0 Å². The van der Waals surface area contributed by atoms with Gasteiger partial charge in [0, 0.05) is 12.0 Å². The van der Waals surface area contributed by atoms with E-state index in [-0.39, 0.29) is 0 Å². The van der Waals surface area contributed by atoms with E-state index in [4.69, 9.17) is 15.3 Å². The Morgan fingerprint density at radius 1 is 1.83 bits per heavy atom. The fraction of sp³-hybridized carbons (Fsp3) is 0.375. The van der Waals surface area contributed by atoms with Crippen molar-refractivity contribution < 1.29 is 14.3 Å². The molecule has 0 radical (unpaired) electrons. The van der Waals surface area contributed by atoms with Crippen LogP contribution in [0, 0.1) is 0 Å². The highest BCUT2D eigenvalue weighted by Gasteiger charge is 2.18. The molecule has 0 amide bonds. The maximum atomic E-state index is 10.5. The number of carboxylic acids is 1. The average Bonchev–Trinajstić information content (AvgIpc) is 2.49. The summed E-state index contributed by atoms with van der Waals surface area (Å²) in [6.45, 7) is 1.89. The Hall–Kier alpha value is -1.29.